The molecule has 0 radical (unpaired) electrons. The van der Waals surface area contributed by atoms with E-state index in [4.69, 9.17) is 5.11 Å². The molecule has 0 aliphatic heterocycles. The van der Waals surface area contributed by atoms with Crippen LogP contribution >= 0.6 is 0 Å². The second-order valence-corrected chi connectivity index (χ2v) is 3.51. The molecule has 2 unspecified atom stereocenters. The molecule has 0 aromatic carbocycles. The Morgan fingerprint density at radius 2 is 2.42 bits per heavy atom. The fraction of sp³-hybridized carbons (Fsp3) is 0.700. The molecule has 68 valence electrons. The maximum Gasteiger partial charge on any atom is 0.138 e. The number of carbonyl (C=O) groups excluding carboxylic acids is 1. The van der Waals surface area contributed by atoms with Crippen LogP contribution in [0.2, 0.25) is 0 Å². The summed E-state index contributed by atoms with van der Waals surface area (Å²) in [4.78, 5) is 11.2. The van der Waals surface area contributed by atoms with Crippen LogP contribution in [0.1, 0.15) is 25.7 Å². The Labute approximate surface area is 73.3 Å². The predicted molar refractivity (Wildman–Crippen MR) is 47.7 cm³/mol. The molecule has 1 fully saturated rings. The van der Waals surface area contributed by atoms with Gasteiger partial charge in [0, 0.05) is 12.3 Å². The number of hydrogen-bond donors (Lipinski definition) is 1. The predicted octanol–water partition coefficient (Wildman–Crippen LogP) is 1.54. The largest absolute Gasteiger partial charge is 0.396 e. The Balaban J connectivity index is 2.43. The summed E-state index contributed by atoms with van der Waals surface area (Å²) < 4.78 is 0. The standard InChI is InChI=1S/C10H16O2/c1-2-3-8-4-5-10(12)9(6-8)7-11/h2,8-9,11H,1,3-7H2. The van der Waals surface area contributed by atoms with Gasteiger partial charge >= 0.3 is 0 Å². The van der Waals surface area contributed by atoms with E-state index in [1.807, 2.05) is 6.08 Å². The SMILES string of the molecule is C=CCC1CCC(=O)C(CO)C1. The van der Waals surface area contributed by atoms with Gasteiger partial charge in [-0.15, -0.1) is 6.58 Å². The molecule has 0 aromatic heterocycles. The number of Topliss-reactive ketones (excluding diaryl/α,β-unsaturated/α-hetero) is 1. The van der Waals surface area contributed by atoms with E-state index < -0.39 is 0 Å². The molecule has 2 atom stereocenters. The van der Waals surface area contributed by atoms with Crippen molar-refractivity contribution in [2.75, 3.05) is 6.61 Å². The van der Waals surface area contributed by atoms with Crippen LogP contribution in [0.25, 0.3) is 0 Å². The first-order chi connectivity index (χ1) is 5.77. The van der Waals surface area contributed by atoms with Gasteiger partial charge in [-0.2, -0.15) is 0 Å². The maximum atomic E-state index is 11.2. The van der Waals surface area contributed by atoms with Crippen LogP contribution < -0.4 is 0 Å². The van der Waals surface area contributed by atoms with Crippen molar-refractivity contribution in [1.82, 2.24) is 0 Å². The number of aliphatic hydroxyl groups is 1. The number of rotatable bonds is 3. The highest BCUT2D eigenvalue weighted by atomic mass is 16.3. The van der Waals surface area contributed by atoms with Crippen molar-refractivity contribution in [2.45, 2.75) is 25.7 Å². The van der Waals surface area contributed by atoms with Crippen LogP contribution in [-0.2, 0) is 4.79 Å². The van der Waals surface area contributed by atoms with E-state index in [1.165, 1.54) is 0 Å². The summed E-state index contributed by atoms with van der Waals surface area (Å²) in [5.41, 5.74) is 0. The van der Waals surface area contributed by atoms with Crippen LogP contribution in [-0.4, -0.2) is 17.5 Å². The fourth-order valence-electron chi connectivity index (χ4n) is 1.83. The minimum atomic E-state index is -0.0938. The van der Waals surface area contributed by atoms with Crippen LogP contribution in [0.15, 0.2) is 12.7 Å². The highest BCUT2D eigenvalue weighted by Crippen LogP contribution is 2.28. The highest BCUT2D eigenvalue weighted by molar-refractivity contribution is 5.81. The Bertz CT molecular complexity index is 175. The zero-order valence-corrected chi connectivity index (χ0v) is 7.33. The summed E-state index contributed by atoms with van der Waals surface area (Å²) >= 11 is 0. The molecule has 0 bridgehead atoms. The average Bonchev–Trinajstić information content (AvgIpc) is 2.09. The smallest absolute Gasteiger partial charge is 0.138 e. The molecular formula is C10H16O2. The lowest BCUT2D eigenvalue weighted by molar-refractivity contribution is -0.126. The zero-order chi connectivity index (χ0) is 8.97. The van der Waals surface area contributed by atoms with Gasteiger partial charge in [-0.05, 0) is 25.2 Å². The lowest BCUT2D eigenvalue weighted by atomic mass is 9.79. The minimum Gasteiger partial charge on any atom is -0.396 e. The molecule has 0 aromatic rings. The summed E-state index contributed by atoms with van der Waals surface area (Å²) in [6.07, 6.45) is 5.34. The lowest BCUT2D eigenvalue weighted by Gasteiger charge is -2.25. The van der Waals surface area contributed by atoms with E-state index in [0.29, 0.717) is 12.3 Å². The summed E-state index contributed by atoms with van der Waals surface area (Å²) in [5.74, 6) is 0.707. The number of carbonyl (C=O) groups is 1. The molecule has 1 rings (SSSR count). The van der Waals surface area contributed by atoms with Crippen molar-refractivity contribution in [3.05, 3.63) is 12.7 Å². The third-order valence-electron chi connectivity index (χ3n) is 2.59. The molecule has 0 spiro atoms. The van der Waals surface area contributed by atoms with Gasteiger partial charge in [0.2, 0.25) is 0 Å². The van der Waals surface area contributed by atoms with Gasteiger partial charge in [0.15, 0.2) is 0 Å². The van der Waals surface area contributed by atoms with Crippen LogP contribution in [0.3, 0.4) is 0 Å². The van der Waals surface area contributed by atoms with E-state index >= 15 is 0 Å². The normalized spacial score (nSPS) is 30.2. The molecule has 1 N–H and O–H groups in total. The van der Waals surface area contributed by atoms with E-state index in [-0.39, 0.29) is 18.3 Å². The molecule has 0 amide bonds. The maximum absolute atomic E-state index is 11.2. The summed E-state index contributed by atoms with van der Waals surface area (Å²) in [6.45, 7) is 3.70. The average molecular weight is 168 g/mol. The third kappa shape index (κ3) is 2.18. The van der Waals surface area contributed by atoms with Crippen molar-refractivity contribution in [2.24, 2.45) is 11.8 Å². The molecule has 2 heteroatoms. The van der Waals surface area contributed by atoms with Crippen molar-refractivity contribution < 1.29 is 9.90 Å². The first-order valence-corrected chi connectivity index (χ1v) is 4.52. The molecule has 1 aliphatic rings. The van der Waals surface area contributed by atoms with E-state index in [1.54, 1.807) is 0 Å². The van der Waals surface area contributed by atoms with Gasteiger partial charge in [-0.25, -0.2) is 0 Å². The summed E-state index contributed by atoms with van der Waals surface area (Å²) in [6, 6.07) is 0. The lowest BCUT2D eigenvalue weighted by Crippen LogP contribution is -2.27. The molecule has 2 nitrogen and oxygen atoms in total. The Hall–Kier alpha value is -0.630. The number of hydrogen-bond acceptors (Lipinski definition) is 2. The molecule has 1 saturated carbocycles. The quantitative estimate of drug-likeness (QED) is 0.649. The monoisotopic (exact) mass is 168 g/mol. The molecular weight excluding hydrogens is 152 g/mol. The Morgan fingerprint density at radius 1 is 1.67 bits per heavy atom. The van der Waals surface area contributed by atoms with Crippen molar-refractivity contribution in [3.63, 3.8) is 0 Å². The van der Waals surface area contributed by atoms with Gasteiger partial charge in [0.1, 0.15) is 5.78 Å². The number of allylic oxidation sites excluding steroid dienone is 1. The summed E-state index contributed by atoms with van der Waals surface area (Å²) in [5, 5.41) is 8.90. The first kappa shape index (κ1) is 9.46. The molecule has 12 heavy (non-hydrogen) atoms. The Morgan fingerprint density at radius 3 is 3.00 bits per heavy atom. The fourth-order valence-corrected chi connectivity index (χ4v) is 1.83. The zero-order valence-electron chi connectivity index (χ0n) is 7.33. The van der Waals surface area contributed by atoms with Gasteiger partial charge in [-0.3, -0.25) is 4.79 Å². The van der Waals surface area contributed by atoms with E-state index in [0.717, 1.165) is 19.3 Å². The molecule has 0 heterocycles. The van der Waals surface area contributed by atoms with Gasteiger partial charge < -0.3 is 5.11 Å². The van der Waals surface area contributed by atoms with Crippen molar-refractivity contribution in [3.8, 4) is 0 Å². The van der Waals surface area contributed by atoms with Crippen LogP contribution in [0, 0.1) is 11.8 Å². The Kier molecular flexibility index (Phi) is 3.48. The third-order valence-corrected chi connectivity index (χ3v) is 2.59. The van der Waals surface area contributed by atoms with Crippen molar-refractivity contribution in [1.29, 1.82) is 0 Å². The second-order valence-electron chi connectivity index (χ2n) is 3.51. The van der Waals surface area contributed by atoms with E-state index in [9.17, 15) is 4.79 Å². The van der Waals surface area contributed by atoms with Gasteiger partial charge in [0.05, 0.1) is 6.61 Å². The minimum absolute atomic E-state index is 0.0203. The molecule has 1 aliphatic carbocycles. The number of aliphatic hydroxyl groups excluding tert-OH is 1. The summed E-state index contributed by atoms with van der Waals surface area (Å²) in [7, 11) is 0. The van der Waals surface area contributed by atoms with Crippen LogP contribution in [0.5, 0.6) is 0 Å². The highest BCUT2D eigenvalue weighted by Gasteiger charge is 2.26. The van der Waals surface area contributed by atoms with Gasteiger partial charge in [-0.1, -0.05) is 6.08 Å². The second kappa shape index (κ2) is 4.41. The van der Waals surface area contributed by atoms with Crippen LogP contribution in [0.4, 0.5) is 0 Å². The van der Waals surface area contributed by atoms with Gasteiger partial charge in [0.25, 0.3) is 0 Å². The van der Waals surface area contributed by atoms with Crippen molar-refractivity contribution >= 4 is 5.78 Å². The number of ketones is 1. The molecule has 0 saturated heterocycles. The topological polar surface area (TPSA) is 37.3 Å². The van der Waals surface area contributed by atoms with E-state index in [2.05, 4.69) is 6.58 Å². The first-order valence-electron chi connectivity index (χ1n) is 4.52.